The Morgan fingerprint density at radius 3 is 2.59 bits per heavy atom. The monoisotopic (exact) mass is 352 g/mol. The van der Waals surface area contributed by atoms with Gasteiger partial charge in [-0.15, -0.1) is 15.3 Å². The Morgan fingerprint density at radius 1 is 1.18 bits per heavy atom. The summed E-state index contributed by atoms with van der Waals surface area (Å²) in [5.74, 6) is -1.49. The van der Waals surface area contributed by atoms with Crippen LogP contribution in [0.2, 0.25) is 0 Å². The molecule has 0 fully saturated rings. The lowest BCUT2D eigenvalue weighted by Gasteiger charge is -1.93. The molecule has 0 aromatic carbocycles. The maximum Gasteiger partial charge on any atom is 0.346 e. The molecule has 2 heterocycles. The summed E-state index contributed by atoms with van der Waals surface area (Å²) >= 11 is 0. The fraction of sp³-hybridized carbons (Fsp3) is 0.375. The van der Waals surface area contributed by atoms with Crippen LogP contribution in [0.5, 0.6) is 0 Å². The fourth-order valence-electron chi connectivity index (χ4n) is 1.18. The van der Waals surface area contributed by atoms with E-state index in [1.54, 1.807) is 0 Å². The van der Waals surface area contributed by atoms with Gasteiger partial charge in [0.05, 0.1) is 23.8 Å². The Labute approximate surface area is 125 Å². The van der Waals surface area contributed by atoms with Gasteiger partial charge in [-0.1, -0.05) is 5.10 Å². The third kappa shape index (κ3) is 4.23. The van der Waals surface area contributed by atoms with Crippen LogP contribution in [0.4, 0.5) is 0 Å². The van der Waals surface area contributed by atoms with Crippen LogP contribution < -0.4 is 0 Å². The van der Waals surface area contributed by atoms with E-state index in [1.807, 2.05) is 0 Å². The molecule has 0 atom stereocenters. The predicted octanol–water partition coefficient (Wildman–Crippen LogP) is -0.407. The zero-order chi connectivity index (χ0) is 16.2. The minimum absolute atomic E-state index is 0.0208. The maximum absolute atomic E-state index is 12.0. The summed E-state index contributed by atoms with van der Waals surface area (Å²) < 4.78 is 33.7. The van der Waals surface area contributed by atoms with Crippen molar-refractivity contribution < 1.29 is 37.3 Å². The van der Waals surface area contributed by atoms with Crippen LogP contribution in [0.3, 0.4) is 0 Å². The van der Waals surface area contributed by atoms with Gasteiger partial charge in [0.2, 0.25) is 11.8 Å². The molecule has 22 heavy (non-hydrogen) atoms. The molecule has 12 nitrogen and oxygen atoms in total. The average molecular weight is 352 g/mol. The highest BCUT2D eigenvalue weighted by Gasteiger charge is 2.27. The topological polar surface area (TPSA) is 179 Å². The van der Waals surface area contributed by atoms with Crippen molar-refractivity contribution in [1.82, 2.24) is 20.4 Å². The number of aliphatic carboxylic acids is 1. The molecule has 0 bridgehead atoms. The first-order valence-electron chi connectivity index (χ1n) is 5.48. The van der Waals surface area contributed by atoms with Crippen LogP contribution in [-0.2, 0) is 31.4 Å². The Kier molecular flexibility index (Phi) is 5.07. The van der Waals surface area contributed by atoms with Gasteiger partial charge in [-0.2, -0.15) is 0 Å². The van der Waals surface area contributed by atoms with Crippen LogP contribution in [-0.4, -0.2) is 51.8 Å². The first kappa shape index (κ1) is 16.3. The lowest BCUT2D eigenvalue weighted by Crippen LogP contribution is -1.99. The summed E-state index contributed by atoms with van der Waals surface area (Å²) in [6.45, 7) is -0.142. The summed E-state index contributed by atoms with van der Waals surface area (Å²) in [5, 5.41) is 29.2. The van der Waals surface area contributed by atoms with E-state index in [0.717, 1.165) is 0 Å². The van der Waals surface area contributed by atoms with Crippen LogP contribution in [0, 0.1) is 0 Å². The number of aromatic nitrogens is 4. The molecule has 14 heteroatoms. The van der Waals surface area contributed by atoms with Crippen LogP contribution in [0.15, 0.2) is 19.3 Å². The first-order chi connectivity index (χ1) is 10.4. The number of carboxylic acid groups (broad SMARTS) is 1. The molecule has 120 valence electrons. The third-order valence-electron chi connectivity index (χ3n) is 2.00. The second kappa shape index (κ2) is 6.82. The van der Waals surface area contributed by atoms with E-state index in [4.69, 9.17) is 19.2 Å². The summed E-state index contributed by atoms with van der Waals surface area (Å²) in [6, 6.07) is 0. The molecule has 0 saturated heterocycles. The summed E-state index contributed by atoms with van der Waals surface area (Å²) in [6.07, 6.45) is -0.507. The zero-order valence-corrected chi connectivity index (χ0v) is 12.2. The van der Waals surface area contributed by atoms with E-state index < -0.39 is 26.5 Å². The molecular weight excluding hydrogens is 344 g/mol. The number of nitrogens with zero attached hydrogens (tertiary/aromatic N) is 4. The van der Waals surface area contributed by atoms with Crippen molar-refractivity contribution >= 4 is 25.6 Å². The van der Waals surface area contributed by atoms with Crippen molar-refractivity contribution in [3.05, 3.63) is 11.8 Å². The highest BCUT2D eigenvalue weighted by molar-refractivity contribution is 8.71. The predicted molar refractivity (Wildman–Crippen MR) is 65.3 cm³/mol. The number of hydrogen-bond donors (Lipinski definition) is 2. The van der Waals surface area contributed by atoms with Crippen molar-refractivity contribution in [3.63, 3.8) is 0 Å². The highest BCUT2D eigenvalue weighted by Crippen LogP contribution is 2.29. The molecule has 0 aliphatic rings. The van der Waals surface area contributed by atoms with Crippen molar-refractivity contribution in [2.45, 2.75) is 23.3 Å². The summed E-state index contributed by atoms with van der Waals surface area (Å²) in [5.41, 5.74) is 0. The average Bonchev–Trinajstić information content (AvgIpc) is 3.05. The molecule has 0 spiro atoms. The second-order valence-corrected chi connectivity index (χ2v) is 7.20. The number of carbonyl (C=O) groups is 1. The smallest absolute Gasteiger partial charge is 0.346 e. The fourth-order valence-corrected chi connectivity index (χ4v) is 3.16. The molecule has 0 saturated carbocycles. The van der Waals surface area contributed by atoms with Gasteiger partial charge in [-0.25, -0.2) is 13.3 Å². The molecule has 2 rings (SSSR count). The van der Waals surface area contributed by atoms with Gasteiger partial charge in [0.15, 0.2) is 0 Å². The first-order valence-corrected chi connectivity index (χ1v) is 8.30. The minimum atomic E-state index is -4.10. The molecule has 2 aromatic rings. The summed E-state index contributed by atoms with van der Waals surface area (Å²) in [7, 11) is -3.96. The van der Waals surface area contributed by atoms with Gasteiger partial charge < -0.3 is 13.9 Å². The van der Waals surface area contributed by atoms with E-state index in [2.05, 4.69) is 25.3 Å². The van der Waals surface area contributed by atoms with Gasteiger partial charge in [0.25, 0.3) is 14.1 Å². The Bertz CT molecular complexity index is 754. The minimum Gasteiger partial charge on any atom is -0.481 e. The number of carboxylic acids is 1. The Morgan fingerprint density at radius 2 is 1.91 bits per heavy atom. The van der Waals surface area contributed by atoms with Crippen molar-refractivity contribution in [1.29, 1.82) is 0 Å². The van der Waals surface area contributed by atoms with Gasteiger partial charge in [0, 0.05) is 0 Å². The van der Waals surface area contributed by atoms with Gasteiger partial charge in [0.1, 0.15) is 6.42 Å². The SMILES string of the molecule is O=C(O)Cc1nnc(SS(=O)(=O)c2nnc(CCOO)o2)o1. The molecule has 0 amide bonds. The second-order valence-electron chi connectivity index (χ2n) is 3.61. The van der Waals surface area contributed by atoms with Crippen molar-refractivity contribution in [2.24, 2.45) is 0 Å². The van der Waals surface area contributed by atoms with Crippen LogP contribution >= 0.6 is 10.8 Å². The molecule has 0 unspecified atom stereocenters. The number of rotatable bonds is 8. The Balaban J connectivity index is 2.08. The Hall–Kier alpha value is -2.03. The largest absolute Gasteiger partial charge is 0.481 e. The third-order valence-corrected chi connectivity index (χ3v) is 4.63. The van der Waals surface area contributed by atoms with Crippen LogP contribution in [0.1, 0.15) is 11.8 Å². The normalized spacial score (nSPS) is 11.7. The molecule has 2 N–H and O–H groups in total. The molecule has 0 radical (unpaired) electrons. The molecule has 0 aliphatic carbocycles. The van der Waals surface area contributed by atoms with E-state index in [1.165, 1.54) is 0 Å². The van der Waals surface area contributed by atoms with Crippen LogP contribution in [0.25, 0.3) is 0 Å². The van der Waals surface area contributed by atoms with E-state index in [0.29, 0.717) is 0 Å². The zero-order valence-electron chi connectivity index (χ0n) is 10.6. The van der Waals surface area contributed by atoms with Gasteiger partial charge >= 0.3 is 11.2 Å². The standard InChI is InChI=1S/C8H8N4O8S2/c13-6(14)3-5-10-11-7(19-5)21-22(16,17)8-12-9-4(20-8)1-2-18-15/h15H,1-3H2,(H,13,14). The molecule has 2 aromatic heterocycles. The highest BCUT2D eigenvalue weighted by atomic mass is 33.1. The van der Waals surface area contributed by atoms with Crippen molar-refractivity contribution in [3.8, 4) is 0 Å². The molecule has 0 aliphatic heterocycles. The lowest BCUT2D eigenvalue weighted by molar-refractivity contribution is -0.241. The lowest BCUT2D eigenvalue weighted by atomic mass is 10.4. The molecular formula is C8H8N4O8S2. The van der Waals surface area contributed by atoms with Crippen molar-refractivity contribution in [2.75, 3.05) is 6.61 Å². The number of hydrogen-bond acceptors (Lipinski definition) is 12. The van der Waals surface area contributed by atoms with E-state index in [-0.39, 0.29) is 40.8 Å². The maximum atomic E-state index is 12.0. The van der Waals surface area contributed by atoms with E-state index >= 15 is 0 Å². The van der Waals surface area contributed by atoms with Gasteiger partial charge in [-0.05, 0) is 0 Å². The summed E-state index contributed by atoms with van der Waals surface area (Å²) in [4.78, 5) is 14.3. The van der Waals surface area contributed by atoms with E-state index in [9.17, 15) is 13.2 Å². The van der Waals surface area contributed by atoms with Gasteiger partial charge in [-0.3, -0.25) is 10.1 Å². The quantitative estimate of drug-likeness (QED) is 0.356.